The van der Waals surface area contributed by atoms with Crippen LogP contribution in [0.15, 0.2) is 47.4 Å². The van der Waals surface area contributed by atoms with E-state index in [2.05, 4.69) is 11.4 Å². The van der Waals surface area contributed by atoms with Crippen LogP contribution in [0.5, 0.6) is 0 Å². The van der Waals surface area contributed by atoms with Crippen molar-refractivity contribution in [3.63, 3.8) is 0 Å². The number of amides is 1. The number of aryl methyl sites for hydroxylation is 3. The second-order valence-corrected chi connectivity index (χ2v) is 8.93. The molecule has 3 N–H and O–H groups in total. The molecule has 6 nitrogen and oxygen atoms in total. The Hall–Kier alpha value is -2.90. The van der Waals surface area contributed by atoms with Gasteiger partial charge in [0.1, 0.15) is 0 Å². The van der Waals surface area contributed by atoms with Crippen molar-refractivity contribution in [3.8, 4) is 5.69 Å². The Kier molecular flexibility index (Phi) is 5.38. The third-order valence-electron chi connectivity index (χ3n) is 5.15. The summed E-state index contributed by atoms with van der Waals surface area (Å²) in [7, 11) is -3.87. The first-order valence-corrected chi connectivity index (χ1v) is 10.7. The van der Waals surface area contributed by atoms with Gasteiger partial charge in [-0.3, -0.25) is 4.79 Å². The molecule has 3 rings (SSSR count). The number of aromatic nitrogens is 1. The van der Waals surface area contributed by atoms with Crippen LogP contribution in [0.25, 0.3) is 5.69 Å². The standard InChI is InChI=1S/C22H25N3O3S/c1-13-7-6-8-18(9-13)25-15(3)11-20(17(25)5)22(26)24-21-12-19(29(23,27)28)10-14(2)16(21)4/h6-12H,1-5H3,(H,24,26)(H2,23,27,28). The molecule has 0 bridgehead atoms. The van der Waals surface area contributed by atoms with Crippen LogP contribution in [0, 0.1) is 34.6 Å². The molecule has 0 saturated carbocycles. The Labute approximate surface area is 171 Å². The van der Waals surface area contributed by atoms with Gasteiger partial charge in [0.05, 0.1) is 10.5 Å². The largest absolute Gasteiger partial charge is 0.322 e. The summed E-state index contributed by atoms with van der Waals surface area (Å²) >= 11 is 0. The maximum atomic E-state index is 13.0. The minimum absolute atomic E-state index is 0.0267. The number of hydrogen-bond donors (Lipinski definition) is 2. The number of hydrogen-bond acceptors (Lipinski definition) is 3. The van der Waals surface area contributed by atoms with Crippen molar-refractivity contribution in [2.24, 2.45) is 5.14 Å². The van der Waals surface area contributed by atoms with Crippen molar-refractivity contribution in [2.75, 3.05) is 5.32 Å². The van der Waals surface area contributed by atoms with Crippen molar-refractivity contribution in [1.82, 2.24) is 4.57 Å². The third-order valence-corrected chi connectivity index (χ3v) is 6.05. The molecule has 152 valence electrons. The molecule has 2 aromatic carbocycles. The van der Waals surface area contributed by atoms with Crippen LogP contribution in [0.4, 0.5) is 5.69 Å². The molecule has 29 heavy (non-hydrogen) atoms. The highest BCUT2D eigenvalue weighted by Gasteiger charge is 2.19. The average molecular weight is 412 g/mol. The van der Waals surface area contributed by atoms with Crippen molar-refractivity contribution in [1.29, 1.82) is 0 Å². The zero-order valence-electron chi connectivity index (χ0n) is 17.2. The SMILES string of the molecule is Cc1cccc(-n2c(C)cc(C(=O)Nc3cc(S(N)(=O)=O)cc(C)c3C)c2C)c1. The molecule has 0 atom stereocenters. The molecule has 0 aliphatic heterocycles. The van der Waals surface area contributed by atoms with Crippen LogP contribution in [0.3, 0.4) is 0 Å². The number of nitrogens with two attached hydrogens (primary N) is 1. The minimum atomic E-state index is -3.87. The smallest absolute Gasteiger partial charge is 0.257 e. The molecule has 0 unspecified atom stereocenters. The van der Waals surface area contributed by atoms with Crippen LogP contribution < -0.4 is 10.5 Å². The summed E-state index contributed by atoms with van der Waals surface area (Å²) in [4.78, 5) is 13.0. The van der Waals surface area contributed by atoms with Gasteiger partial charge in [-0.1, -0.05) is 12.1 Å². The zero-order valence-corrected chi connectivity index (χ0v) is 18.0. The first-order valence-electron chi connectivity index (χ1n) is 9.20. The summed E-state index contributed by atoms with van der Waals surface area (Å²) in [6, 6.07) is 12.8. The number of nitrogens with zero attached hydrogens (tertiary/aromatic N) is 1. The van der Waals surface area contributed by atoms with Gasteiger partial charge in [-0.25, -0.2) is 13.6 Å². The maximum Gasteiger partial charge on any atom is 0.257 e. The fraction of sp³-hybridized carbons (Fsp3) is 0.227. The first-order chi connectivity index (χ1) is 13.5. The number of sulfonamides is 1. The summed E-state index contributed by atoms with van der Waals surface area (Å²) in [6.45, 7) is 9.47. The van der Waals surface area contributed by atoms with Gasteiger partial charge in [-0.15, -0.1) is 0 Å². The van der Waals surface area contributed by atoms with Gasteiger partial charge in [-0.2, -0.15) is 0 Å². The summed E-state index contributed by atoms with van der Waals surface area (Å²) in [6.07, 6.45) is 0. The lowest BCUT2D eigenvalue weighted by Gasteiger charge is -2.13. The van der Waals surface area contributed by atoms with Gasteiger partial charge < -0.3 is 9.88 Å². The second kappa shape index (κ2) is 7.50. The highest BCUT2D eigenvalue weighted by Crippen LogP contribution is 2.26. The fourth-order valence-corrected chi connectivity index (χ4v) is 4.09. The van der Waals surface area contributed by atoms with Crippen LogP contribution in [-0.2, 0) is 10.0 Å². The number of nitrogens with one attached hydrogen (secondary N) is 1. The van der Waals surface area contributed by atoms with E-state index in [4.69, 9.17) is 5.14 Å². The lowest BCUT2D eigenvalue weighted by Crippen LogP contribution is -2.17. The van der Waals surface area contributed by atoms with Gasteiger partial charge in [0.2, 0.25) is 10.0 Å². The second-order valence-electron chi connectivity index (χ2n) is 7.37. The van der Waals surface area contributed by atoms with E-state index in [-0.39, 0.29) is 10.8 Å². The van der Waals surface area contributed by atoms with E-state index in [1.165, 1.54) is 12.1 Å². The quantitative estimate of drug-likeness (QED) is 0.681. The Morgan fingerprint density at radius 1 is 1.00 bits per heavy atom. The van der Waals surface area contributed by atoms with Crippen LogP contribution in [-0.4, -0.2) is 18.9 Å². The van der Waals surface area contributed by atoms with Crippen molar-refractivity contribution in [3.05, 3.63) is 76.1 Å². The number of rotatable bonds is 4. The van der Waals surface area contributed by atoms with Crippen LogP contribution >= 0.6 is 0 Å². The lowest BCUT2D eigenvalue weighted by atomic mass is 10.1. The number of anilines is 1. The fourth-order valence-electron chi connectivity index (χ4n) is 3.47. The highest BCUT2D eigenvalue weighted by molar-refractivity contribution is 7.89. The van der Waals surface area contributed by atoms with E-state index >= 15 is 0 Å². The molecule has 0 aliphatic carbocycles. The summed E-state index contributed by atoms with van der Waals surface area (Å²) in [5.74, 6) is -0.300. The molecule has 7 heteroatoms. The Morgan fingerprint density at radius 3 is 2.31 bits per heavy atom. The van der Waals surface area contributed by atoms with Gasteiger partial charge in [0, 0.05) is 22.8 Å². The molecule has 0 radical (unpaired) electrons. The summed E-state index contributed by atoms with van der Waals surface area (Å²) in [5, 5.41) is 8.12. The topological polar surface area (TPSA) is 94.2 Å². The normalized spacial score (nSPS) is 11.5. The van der Waals surface area contributed by atoms with Gasteiger partial charge in [0.25, 0.3) is 5.91 Å². The molecular weight excluding hydrogens is 386 g/mol. The monoisotopic (exact) mass is 411 g/mol. The van der Waals surface area contributed by atoms with Gasteiger partial charge >= 0.3 is 0 Å². The Bertz CT molecular complexity index is 1220. The number of carbonyl (C=O) groups excluding carboxylic acids is 1. The van der Waals surface area contributed by atoms with E-state index in [0.29, 0.717) is 11.3 Å². The van der Waals surface area contributed by atoms with Crippen LogP contribution in [0.1, 0.15) is 38.4 Å². The highest BCUT2D eigenvalue weighted by atomic mass is 32.2. The van der Waals surface area contributed by atoms with E-state index in [1.54, 1.807) is 6.92 Å². The first kappa shape index (κ1) is 20.8. The Morgan fingerprint density at radius 2 is 1.69 bits per heavy atom. The number of carbonyl (C=O) groups is 1. The third kappa shape index (κ3) is 4.11. The summed E-state index contributed by atoms with van der Waals surface area (Å²) < 4.78 is 25.5. The predicted octanol–water partition coefficient (Wildman–Crippen LogP) is 3.92. The predicted molar refractivity (Wildman–Crippen MR) is 115 cm³/mol. The van der Waals surface area contributed by atoms with Gasteiger partial charge in [0.15, 0.2) is 0 Å². The Balaban J connectivity index is 2.01. The summed E-state index contributed by atoms with van der Waals surface area (Å²) in [5.41, 5.74) is 6.35. The molecule has 0 saturated heterocycles. The van der Waals surface area contributed by atoms with E-state index in [1.807, 2.05) is 56.5 Å². The molecule has 0 fully saturated rings. The molecule has 1 heterocycles. The molecule has 1 aromatic heterocycles. The number of benzene rings is 2. The van der Waals surface area contributed by atoms with E-state index in [9.17, 15) is 13.2 Å². The molecular formula is C22H25N3O3S. The number of primary sulfonamides is 1. The van der Waals surface area contributed by atoms with Crippen molar-refractivity contribution < 1.29 is 13.2 Å². The van der Waals surface area contributed by atoms with Gasteiger partial charge in [-0.05, 0) is 81.6 Å². The average Bonchev–Trinajstić information content (AvgIpc) is 2.92. The maximum absolute atomic E-state index is 13.0. The van der Waals surface area contributed by atoms with E-state index in [0.717, 1.165) is 33.8 Å². The zero-order chi connectivity index (χ0) is 21.5. The molecule has 0 aliphatic rings. The lowest BCUT2D eigenvalue weighted by molar-refractivity contribution is 0.102. The van der Waals surface area contributed by atoms with E-state index < -0.39 is 10.0 Å². The minimum Gasteiger partial charge on any atom is -0.322 e. The molecule has 3 aromatic rings. The van der Waals surface area contributed by atoms with Crippen molar-refractivity contribution in [2.45, 2.75) is 39.5 Å². The molecule has 1 amide bonds. The van der Waals surface area contributed by atoms with Crippen LogP contribution in [0.2, 0.25) is 0 Å². The molecule has 0 spiro atoms. The van der Waals surface area contributed by atoms with Crippen molar-refractivity contribution >= 4 is 21.6 Å².